The summed E-state index contributed by atoms with van der Waals surface area (Å²) in [4.78, 5) is 15.0. The lowest BCUT2D eigenvalue weighted by Gasteiger charge is -2.30. The lowest BCUT2D eigenvalue weighted by Crippen LogP contribution is -2.28. The van der Waals surface area contributed by atoms with Crippen LogP contribution in [0.2, 0.25) is 0 Å². The second-order valence-electron chi connectivity index (χ2n) is 5.50. The molecule has 2 heterocycles. The van der Waals surface area contributed by atoms with Crippen molar-refractivity contribution in [1.82, 2.24) is 5.32 Å². The number of alkyl halides is 6. The fourth-order valence-corrected chi connectivity index (χ4v) is 2.95. The van der Waals surface area contributed by atoms with E-state index in [1.54, 1.807) is 0 Å². The molecule has 124 valence electrons. The van der Waals surface area contributed by atoms with E-state index < -0.39 is 41.9 Å². The molecule has 1 unspecified atom stereocenters. The molecule has 0 bridgehead atoms. The Morgan fingerprint density at radius 1 is 1.22 bits per heavy atom. The Labute approximate surface area is 126 Å². The minimum atomic E-state index is -4.81. The number of halogens is 6. The third-order valence-electron chi connectivity index (χ3n) is 3.78. The van der Waals surface area contributed by atoms with Gasteiger partial charge in [0.15, 0.2) is 0 Å². The molecule has 1 aliphatic carbocycles. The minimum absolute atomic E-state index is 0.0322. The highest BCUT2D eigenvalue weighted by atomic mass is 19.4. The molecular weight excluding hydrogens is 326 g/mol. The molecular formula is C14H10F6N2O. The maximum atomic E-state index is 13.4. The molecule has 0 aromatic carbocycles. The van der Waals surface area contributed by atoms with Crippen molar-refractivity contribution in [3.05, 3.63) is 34.7 Å². The average molecular weight is 336 g/mol. The van der Waals surface area contributed by atoms with E-state index in [0.29, 0.717) is 0 Å². The van der Waals surface area contributed by atoms with Crippen LogP contribution in [0.25, 0.3) is 0 Å². The summed E-state index contributed by atoms with van der Waals surface area (Å²) >= 11 is 0. The molecule has 0 spiro atoms. The first-order chi connectivity index (χ1) is 10.5. The van der Waals surface area contributed by atoms with Gasteiger partial charge >= 0.3 is 12.4 Å². The van der Waals surface area contributed by atoms with E-state index in [1.165, 1.54) is 6.08 Å². The van der Waals surface area contributed by atoms with Gasteiger partial charge in [0.05, 0.1) is 17.7 Å². The second-order valence-corrected chi connectivity index (χ2v) is 5.50. The van der Waals surface area contributed by atoms with Crippen LogP contribution in [0.4, 0.5) is 26.3 Å². The van der Waals surface area contributed by atoms with Crippen molar-refractivity contribution < 1.29 is 31.1 Å². The zero-order valence-corrected chi connectivity index (χ0v) is 11.5. The van der Waals surface area contributed by atoms with E-state index in [0.717, 1.165) is 6.08 Å². The van der Waals surface area contributed by atoms with Crippen molar-refractivity contribution in [1.29, 1.82) is 0 Å². The molecule has 3 nitrogen and oxygen atoms in total. The molecule has 3 aliphatic rings. The van der Waals surface area contributed by atoms with Crippen LogP contribution in [-0.4, -0.2) is 24.0 Å². The lowest BCUT2D eigenvalue weighted by atomic mass is 9.82. The summed E-state index contributed by atoms with van der Waals surface area (Å²) in [5.41, 5.74) is -2.19. The highest BCUT2D eigenvalue weighted by Gasteiger charge is 2.46. The maximum Gasteiger partial charge on any atom is 0.418 e. The van der Waals surface area contributed by atoms with Crippen LogP contribution < -0.4 is 5.32 Å². The van der Waals surface area contributed by atoms with Crippen molar-refractivity contribution in [2.75, 3.05) is 0 Å². The van der Waals surface area contributed by atoms with Gasteiger partial charge in [-0.15, -0.1) is 0 Å². The van der Waals surface area contributed by atoms with E-state index in [-0.39, 0.29) is 29.8 Å². The summed E-state index contributed by atoms with van der Waals surface area (Å²) in [6.07, 6.45) is -8.38. The number of aliphatic imine (C=N–C) groups is 1. The molecule has 0 radical (unpaired) electrons. The lowest BCUT2D eigenvalue weighted by molar-refractivity contribution is -0.121. The van der Waals surface area contributed by atoms with Crippen LogP contribution in [0.5, 0.6) is 0 Å². The monoisotopic (exact) mass is 336 g/mol. The molecule has 9 heteroatoms. The number of carbonyl (C=O) groups is 1. The van der Waals surface area contributed by atoms with Crippen molar-refractivity contribution in [3.8, 4) is 0 Å². The van der Waals surface area contributed by atoms with E-state index in [4.69, 9.17) is 0 Å². The standard InChI is InChI=1S/C14H10F6N2O/c15-13(16,17)5-7-2-1-6-3-9-8(4-10(23)22-9)11(12(6)21-7)14(18,19)20/h3-4,6H,1-2,5H2,(H,22,23). The molecule has 0 aromatic heterocycles. The van der Waals surface area contributed by atoms with Crippen molar-refractivity contribution in [3.63, 3.8) is 0 Å². The summed E-state index contributed by atoms with van der Waals surface area (Å²) < 4.78 is 77.6. The van der Waals surface area contributed by atoms with Crippen LogP contribution in [0.15, 0.2) is 39.7 Å². The van der Waals surface area contributed by atoms with Gasteiger partial charge in [-0.25, -0.2) is 0 Å². The van der Waals surface area contributed by atoms with Crippen LogP contribution in [0, 0.1) is 5.92 Å². The van der Waals surface area contributed by atoms with Gasteiger partial charge < -0.3 is 5.32 Å². The first kappa shape index (κ1) is 15.8. The zero-order valence-electron chi connectivity index (χ0n) is 11.5. The van der Waals surface area contributed by atoms with Crippen LogP contribution in [-0.2, 0) is 4.79 Å². The number of rotatable bonds is 1. The van der Waals surface area contributed by atoms with Crippen LogP contribution >= 0.6 is 0 Å². The summed E-state index contributed by atoms with van der Waals surface area (Å²) in [6, 6.07) is 0. The predicted octanol–water partition coefficient (Wildman–Crippen LogP) is 3.56. The van der Waals surface area contributed by atoms with Gasteiger partial charge in [0.25, 0.3) is 0 Å². The van der Waals surface area contributed by atoms with E-state index in [2.05, 4.69) is 10.3 Å². The van der Waals surface area contributed by atoms with Crippen molar-refractivity contribution in [2.24, 2.45) is 10.9 Å². The van der Waals surface area contributed by atoms with Crippen molar-refractivity contribution in [2.45, 2.75) is 31.6 Å². The highest BCUT2D eigenvalue weighted by molar-refractivity contribution is 5.97. The molecule has 1 amide bonds. The largest absolute Gasteiger partial charge is 0.418 e. The SMILES string of the molecule is O=C1C=C2C(=CC3CCC(CC(F)(F)F)=NC3=C2C(F)(F)F)N1. The first-order valence-electron chi connectivity index (χ1n) is 6.74. The number of hydrogen-bond donors (Lipinski definition) is 1. The predicted molar refractivity (Wildman–Crippen MR) is 68.2 cm³/mol. The van der Waals surface area contributed by atoms with Gasteiger partial charge in [0, 0.05) is 29.0 Å². The topological polar surface area (TPSA) is 41.5 Å². The Kier molecular flexibility index (Phi) is 3.42. The zero-order chi connectivity index (χ0) is 17.0. The number of carbonyl (C=O) groups excluding carboxylic acids is 1. The Balaban J connectivity index is 2.11. The van der Waals surface area contributed by atoms with Gasteiger partial charge in [0.2, 0.25) is 5.91 Å². The summed E-state index contributed by atoms with van der Waals surface area (Å²) in [6.45, 7) is 0. The van der Waals surface area contributed by atoms with Gasteiger partial charge in [-0.3, -0.25) is 9.79 Å². The van der Waals surface area contributed by atoms with Gasteiger partial charge in [0.1, 0.15) is 0 Å². The second kappa shape index (κ2) is 4.97. The number of nitrogens with zero attached hydrogens (tertiary/aromatic N) is 1. The fraction of sp³-hybridized carbons (Fsp3) is 0.429. The summed E-state index contributed by atoms with van der Waals surface area (Å²) in [5.74, 6) is -1.44. The van der Waals surface area contributed by atoms with E-state index in [1.807, 2.05) is 0 Å². The molecule has 0 saturated heterocycles. The third kappa shape index (κ3) is 3.04. The first-order valence-corrected chi connectivity index (χ1v) is 6.74. The van der Waals surface area contributed by atoms with Gasteiger partial charge in [-0.05, 0) is 12.8 Å². The number of nitrogens with one attached hydrogen (secondary N) is 1. The summed E-state index contributed by atoms with van der Waals surface area (Å²) in [5, 5.41) is 2.31. The molecule has 1 atom stereocenters. The number of hydrogen-bond acceptors (Lipinski definition) is 2. The number of allylic oxidation sites excluding steroid dienone is 2. The van der Waals surface area contributed by atoms with Crippen LogP contribution in [0.1, 0.15) is 19.3 Å². The van der Waals surface area contributed by atoms with E-state index in [9.17, 15) is 31.1 Å². The third-order valence-corrected chi connectivity index (χ3v) is 3.78. The molecule has 3 rings (SSSR count). The maximum absolute atomic E-state index is 13.4. The van der Waals surface area contributed by atoms with Crippen LogP contribution in [0.3, 0.4) is 0 Å². The molecule has 0 aromatic rings. The molecule has 23 heavy (non-hydrogen) atoms. The van der Waals surface area contributed by atoms with Gasteiger partial charge in [-0.1, -0.05) is 6.08 Å². The average Bonchev–Trinajstić information content (AvgIpc) is 2.71. The molecule has 0 fully saturated rings. The Morgan fingerprint density at radius 3 is 2.52 bits per heavy atom. The minimum Gasteiger partial charge on any atom is -0.322 e. The Morgan fingerprint density at radius 2 is 1.91 bits per heavy atom. The Bertz CT molecular complexity index is 693. The van der Waals surface area contributed by atoms with Crippen molar-refractivity contribution >= 4 is 11.6 Å². The number of amides is 1. The molecule has 0 saturated carbocycles. The smallest absolute Gasteiger partial charge is 0.322 e. The molecule has 2 aliphatic heterocycles. The van der Waals surface area contributed by atoms with E-state index >= 15 is 0 Å². The van der Waals surface area contributed by atoms with Gasteiger partial charge in [-0.2, -0.15) is 26.3 Å². The fourth-order valence-electron chi connectivity index (χ4n) is 2.95. The highest BCUT2D eigenvalue weighted by Crippen LogP contribution is 2.46. The number of fused-ring (bicyclic) bond motifs is 2. The summed E-state index contributed by atoms with van der Waals surface area (Å²) in [7, 11) is 0. The normalized spacial score (nSPS) is 24.5. The molecule has 1 N–H and O–H groups in total. The quantitative estimate of drug-likeness (QED) is 0.731. The Hall–Kier alpha value is -2.06.